The summed E-state index contributed by atoms with van der Waals surface area (Å²) in [5.74, 6) is 4.40. The summed E-state index contributed by atoms with van der Waals surface area (Å²) >= 11 is 0. The molecule has 0 bridgehead atoms. The standard InChI is InChI=1S/C32H60O4Si2/c1-22(12-11-13-29(33)34-4)25-14-15-26-30-27(17-19-32(25,26)3)31(2)18-16-24(35-37(5,6)7)20-23(31)21-28(30)36-38(8,9)10/h22-28,30H,11-21H2,1-10H3/t22-,23?,24-,25?,26?,27?,28-,30?,31+,32-/m1/s1. The number of methoxy groups -OCH3 is 1. The highest BCUT2D eigenvalue weighted by molar-refractivity contribution is 6.70. The maximum Gasteiger partial charge on any atom is 0.305 e. The second kappa shape index (κ2) is 11.2. The molecule has 0 N–H and O–H groups in total. The lowest BCUT2D eigenvalue weighted by atomic mass is 9.43. The number of carbonyl (C=O) groups excluding carboxylic acids is 1. The Kier molecular flexibility index (Phi) is 9.11. The van der Waals surface area contributed by atoms with Crippen molar-refractivity contribution in [2.75, 3.05) is 7.11 Å². The minimum absolute atomic E-state index is 0.0606. The molecule has 6 heteroatoms. The van der Waals surface area contributed by atoms with Crippen molar-refractivity contribution in [1.82, 2.24) is 0 Å². The fourth-order valence-electron chi connectivity index (χ4n) is 10.2. The molecule has 10 atom stereocenters. The van der Waals surface area contributed by atoms with E-state index in [2.05, 4.69) is 60.1 Å². The summed E-state index contributed by atoms with van der Waals surface area (Å²) in [5, 5.41) is 0. The maximum atomic E-state index is 11.7. The molecule has 4 fully saturated rings. The van der Waals surface area contributed by atoms with Crippen LogP contribution in [0.3, 0.4) is 0 Å². The van der Waals surface area contributed by atoms with Crippen LogP contribution in [0.4, 0.5) is 0 Å². The molecule has 38 heavy (non-hydrogen) atoms. The van der Waals surface area contributed by atoms with Crippen molar-refractivity contribution in [3.63, 3.8) is 0 Å². The Morgan fingerprint density at radius 2 is 1.50 bits per heavy atom. The Morgan fingerprint density at radius 1 is 0.868 bits per heavy atom. The molecular weight excluding hydrogens is 505 g/mol. The highest BCUT2D eigenvalue weighted by atomic mass is 28.4. The van der Waals surface area contributed by atoms with Gasteiger partial charge in [-0.2, -0.15) is 0 Å². The molecule has 0 heterocycles. The summed E-state index contributed by atoms with van der Waals surface area (Å²) in [6.07, 6.45) is 14.1. The average Bonchev–Trinajstić information content (AvgIpc) is 3.15. The van der Waals surface area contributed by atoms with Crippen LogP contribution in [-0.2, 0) is 18.4 Å². The van der Waals surface area contributed by atoms with E-state index in [0.717, 1.165) is 36.5 Å². The fourth-order valence-corrected chi connectivity index (χ4v) is 12.6. The van der Waals surface area contributed by atoms with Crippen LogP contribution in [0.25, 0.3) is 0 Å². The topological polar surface area (TPSA) is 44.8 Å². The summed E-state index contributed by atoms with van der Waals surface area (Å²) < 4.78 is 18.8. The SMILES string of the molecule is COC(=O)CCC[C@@H](C)C1CCC2C3C(CC[C@@]21C)[C@@]1(C)CC[C@@H](O[Si](C)(C)C)CC1C[C@H]3O[Si](C)(C)C. The van der Waals surface area contributed by atoms with E-state index in [1.807, 2.05) is 0 Å². The molecule has 0 aromatic carbocycles. The molecule has 0 saturated heterocycles. The molecule has 0 aromatic heterocycles. The minimum atomic E-state index is -1.66. The summed E-state index contributed by atoms with van der Waals surface area (Å²) in [6.45, 7) is 22.0. The Morgan fingerprint density at radius 3 is 2.13 bits per heavy atom. The number of ether oxygens (including phenoxy) is 1. The van der Waals surface area contributed by atoms with Crippen LogP contribution in [-0.4, -0.2) is 41.9 Å². The number of esters is 1. The van der Waals surface area contributed by atoms with Gasteiger partial charge in [0.1, 0.15) is 0 Å². The number of rotatable bonds is 9. The molecular formula is C32H60O4Si2. The maximum absolute atomic E-state index is 11.7. The monoisotopic (exact) mass is 564 g/mol. The van der Waals surface area contributed by atoms with Gasteiger partial charge >= 0.3 is 5.97 Å². The van der Waals surface area contributed by atoms with E-state index in [-0.39, 0.29) is 5.97 Å². The number of hydrogen-bond donors (Lipinski definition) is 0. The van der Waals surface area contributed by atoms with E-state index < -0.39 is 16.6 Å². The van der Waals surface area contributed by atoms with Crippen LogP contribution < -0.4 is 0 Å². The van der Waals surface area contributed by atoms with Gasteiger partial charge in [-0.15, -0.1) is 0 Å². The number of hydrogen-bond acceptors (Lipinski definition) is 4. The van der Waals surface area contributed by atoms with E-state index in [9.17, 15) is 4.79 Å². The van der Waals surface area contributed by atoms with Crippen molar-refractivity contribution in [1.29, 1.82) is 0 Å². The van der Waals surface area contributed by atoms with Crippen molar-refractivity contribution >= 4 is 22.6 Å². The Labute approximate surface area is 237 Å². The van der Waals surface area contributed by atoms with Crippen LogP contribution in [0.2, 0.25) is 39.3 Å². The molecule has 0 aliphatic heterocycles. The van der Waals surface area contributed by atoms with Gasteiger partial charge in [0.2, 0.25) is 0 Å². The molecule has 0 radical (unpaired) electrons. The predicted octanol–water partition coefficient (Wildman–Crippen LogP) is 8.67. The lowest BCUT2D eigenvalue weighted by Gasteiger charge is -2.64. The van der Waals surface area contributed by atoms with Crippen LogP contribution in [0.1, 0.15) is 91.4 Å². The Balaban J connectivity index is 1.55. The third-order valence-corrected chi connectivity index (χ3v) is 13.7. The molecule has 4 rings (SSSR count). The van der Waals surface area contributed by atoms with Gasteiger partial charge in [0.15, 0.2) is 16.6 Å². The van der Waals surface area contributed by atoms with Crippen molar-refractivity contribution in [3.05, 3.63) is 0 Å². The molecule has 4 saturated carbocycles. The van der Waals surface area contributed by atoms with Gasteiger partial charge in [-0.05, 0) is 150 Å². The molecule has 4 aliphatic carbocycles. The van der Waals surface area contributed by atoms with Gasteiger partial charge in [-0.1, -0.05) is 20.8 Å². The largest absolute Gasteiger partial charge is 0.469 e. The summed E-state index contributed by atoms with van der Waals surface area (Å²) in [5.41, 5.74) is 0.850. The first-order valence-corrected chi connectivity index (χ1v) is 22.8. The second-order valence-electron chi connectivity index (χ2n) is 16.3. The van der Waals surface area contributed by atoms with Gasteiger partial charge in [0.05, 0.1) is 7.11 Å². The molecule has 0 spiro atoms. The van der Waals surface area contributed by atoms with Crippen molar-refractivity contribution < 1.29 is 18.4 Å². The van der Waals surface area contributed by atoms with Gasteiger partial charge in [0.25, 0.3) is 0 Å². The first kappa shape index (κ1) is 30.8. The zero-order valence-corrected chi connectivity index (χ0v) is 28.5. The lowest BCUT2D eigenvalue weighted by Crippen LogP contribution is -2.60. The zero-order chi connectivity index (χ0) is 28.1. The molecule has 5 unspecified atom stereocenters. The average molecular weight is 565 g/mol. The molecule has 4 nitrogen and oxygen atoms in total. The van der Waals surface area contributed by atoms with Gasteiger partial charge in [-0.3, -0.25) is 4.79 Å². The zero-order valence-electron chi connectivity index (χ0n) is 26.5. The summed E-state index contributed by atoms with van der Waals surface area (Å²) in [6, 6.07) is 0. The summed E-state index contributed by atoms with van der Waals surface area (Å²) in [7, 11) is -1.69. The smallest absolute Gasteiger partial charge is 0.305 e. The van der Waals surface area contributed by atoms with E-state index in [0.29, 0.717) is 41.3 Å². The van der Waals surface area contributed by atoms with Crippen LogP contribution in [0.15, 0.2) is 0 Å². The van der Waals surface area contributed by atoms with E-state index >= 15 is 0 Å². The summed E-state index contributed by atoms with van der Waals surface area (Å²) in [4.78, 5) is 11.7. The predicted molar refractivity (Wildman–Crippen MR) is 162 cm³/mol. The first-order chi connectivity index (χ1) is 17.6. The minimum Gasteiger partial charge on any atom is -0.469 e. The van der Waals surface area contributed by atoms with Gasteiger partial charge in [0, 0.05) is 18.6 Å². The van der Waals surface area contributed by atoms with Crippen molar-refractivity contribution in [2.45, 2.75) is 143 Å². The van der Waals surface area contributed by atoms with E-state index in [1.165, 1.54) is 58.5 Å². The molecule has 220 valence electrons. The molecule has 4 aliphatic rings. The van der Waals surface area contributed by atoms with E-state index in [1.54, 1.807) is 0 Å². The van der Waals surface area contributed by atoms with Crippen LogP contribution in [0, 0.1) is 46.3 Å². The second-order valence-corrected chi connectivity index (χ2v) is 25.2. The first-order valence-electron chi connectivity index (χ1n) is 16.0. The van der Waals surface area contributed by atoms with Gasteiger partial charge in [-0.25, -0.2) is 0 Å². The van der Waals surface area contributed by atoms with Crippen molar-refractivity contribution in [2.24, 2.45) is 46.3 Å². The fraction of sp³-hybridized carbons (Fsp3) is 0.969. The third kappa shape index (κ3) is 6.33. The normalized spacial score (nSPS) is 42.1. The third-order valence-electron chi connectivity index (χ3n) is 11.7. The Hall–Kier alpha value is -0.176. The Bertz CT molecular complexity index is 834. The highest BCUT2D eigenvalue weighted by Crippen LogP contribution is 2.69. The van der Waals surface area contributed by atoms with E-state index in [4.69, 9.17) is 13.6 Å². The quantitative estimate of drug-likeness (QED) is 0.208. The highest BCUT2D eigenvalue weighted by Gasteiger charge is 2.63. The van der Waals surface area contributed by atoms with Crippen LogP contribution in [0.5, 0.6) is 0 Å². The van der Waals surface area contributed by atoms with Crippen molar-refractivity contribution in [3.8, 4) is 0 Å². The molecule has 0 amide bonds. The van der Waals surface area contributed by atoms with Crippen LogP contribution >= 0.6 is 0 Å². The molecule has 0 aromatic rings. The van der Waals surface area contributed by atoms with Gasteiger partial charge < -0.3 is 13.6 Å². The lowest BCUT2D eigenvalue weighted by molar-refractivity contribution is -0.168. The number of carbonyl (C=O) groups is 1. The number of fused-ring (bicyclic) bond motifs is 5.